The van der Waals surface area contributed by atoms with E-state index in [9.17, 15) is 41.5 Å². The number of alkyl halides is 2. The molecular formula is C81H100Br4FILiN7O17S3. The van der Waals surface area contributed by atoms with Crippen LogP contribution in [0.3, 0.4) is 0 Å². The average molecular weight is 2010 g/mol. The zero-order valence-electron chi connectivity index (χ0n) is 67.7. The SMILES string of the molecule is C#CCBr.C#CCNc1cccc(-c2sc(C(=O)O)c(OCC(=O)O)c2Br)c1.C#CCNc1cccc(-c2sc(C(=O)OC)c(OCC(=O)OC(C)(C)C)c2Br)c1.CC.CCCCCCCCCCCCCNC(=O)c1ccc(N=[N+]=[N-])cc1.COC(=O)c1sc(-c2cccc(N)c2)c(Br)c1OCC(=O)OC(C)(C)C.[3H]I(C)F.[Li+].[OH-]. The van der Waals surface area contributed by atoms with Gasteiger partial charge in [-0.3, -0.25) is 4.79 Å². The maximum Gasteiger partial charge on any atom is 1.00 e. The number of hydrogen-bond donors (Lipinski definition) is 6. The molecule has 0 atom stereocenters. The van der Waals surface area contributed by atoms with Gasteiger partial charge in [0.1, 0.15) is 11.2 Å². The Morgan fingerprint density at radius 3 is 1.33 bits per heavy atom. The summed E-state index contributed by atoms with van der Waals surface area (Å²) >= 11 is 14.2. The second kappa shape index (κ2) is 61.5. The third-order valence-electron chi connectivity index (χ3n) is 13.8. The predicted molar refractivity (Wildman–Crippen MR) is 479 cm³/mol. The number of amides is 1. The van der Waals surface area contributed by atoms with Gasteiger partial charge < -0.3 is 70.5 Å². The number of halogens is 6. The van der Waals surface area contributed by atoms with Crippen molar-refractivity contribution >= 4 is 184 Å². The van der Waals surface area contributed by atoms with Crippen LogP contribution in [0.25, 0.3) is 41.8 Å². The van der Waals surface area contributed by atoms with Crippen molar-refractivity contribution < 1.29 is 104 Å². The standard InChI is InChI=1S/C21H22BrNO5S.C20H32N4O.C18H20BrNO5S.C16H12BrNO5S.C3H3Br.C2H6.CH4FI.Li.H2O/c1-6-10-23-14-9-7-8-13(11-14)18-16(22)17(19(29-18)20(25)26-5)27-12-15(24)28-21(2,3)4;1-2-3-4-5-6-7-8-9-10-11-12-17-22-20(25)18-13-15-19(16-14-18)23-24-21;1-18(2,3)25-12(21)9-24-14-13(19)15(26-16(14)17(22)23-4)10-6-5-7-11(20)8-10;1-2-6-18-10-5-3-4-9(7-10)14-12(17)13(23-8-11(19)20)15(24-14)16(21)22;1-2-3-4;1-2;1-3-2;;/h1,7-9,11,23H,10,12H2,2-5H3;13-16H,2-12,17H2,1H3,(H,22,25);5-8H,9,20H2,1-4H3;1,3-5,7,18H,6,8H2,(H,19,20)(H,21,22);1H,3H2;1-2H3;3H,1H3;;1H2/q;;;;;;;+1;/p-1/i;;;;;;3T;;. The number of benzene rings is 4. The van der Waals surface area contributed by atoms with E-state index in [2.05, 4.69) is 114 Å². The van der Waals surface area contributed by atoms with Crippen LogP contribution >= 0.6 is 119 Å². The van der Waals surface area contributed by atoms with E-state index in [-0.39, 0.29) is 75.3 Å². The molecule has 0 saturated carbocycles. The zero-order valence-corrected chi connectivity index (χ0v) is 77.6. The summed E-state index contributed by atoms with van der Waals surface area (Å²) in [7, 11) is 2.57. The fraction of sp³-hybridized carbons (Fsp3) is 0.395. The van der Waals surface area contributed by atoms with E-state index in [1.807, 2.05) is 68.4 Å². The molecule has 7 rings (SSSR count). The zero-order chi connectivity index (χ0) is 85.9. The molecule has 0 aliphatic heterocycles. The molecule has 3 aromatic heterocycles. The van der Waals surface area contributed by atoms with Gasteiger partial charge in [-0.2, -0.15) is 0 Å². The number of hydrogen-bond acceptors (Lipinski definition) is 22. The largest absolute Gasteiger partial charge is 1.00 e. The van der Waals surface area contributed by atoms with Crippen LogP contribution in [0.4, 0.5) is 25.6 Å². The van der Waals surface area contributed by atoms with Crippen molar-refractivity contribution in [3.63, 3.8) is 0 Å². The van der Waals surface area contributed by atoms with Crippen LogP contribution in [-0.4, -0.2) is 133 Å². The summed E-state index contributed by atoms with van der Waals surface area (Å²) in [6.07, 6.45) is 29.6. The Hall–Kier alpha value is -7.80. The molecule has 1 amide bonds. The maximum atomic E-state index is 12.2. The normalized spacial score (nSPS) is 10.2. The number of carboxylic acid groups (broad SMARTS) is 2. The number of thiophene rings is 3. The van der Waals surface area contributed by atoms with Crippen molar-refractivity contribution in [2.45, 2.75) is 144 Å². The van der Waals surface area contributed by atoms with Gasteiger partial charge in [-0.25, -0.2) is 28.8 Å². The molecule has 34 heteroatoms. The second-order valence-corrected chi connectivity index (χ2v) is 31.7. The van der Waals surface area contributed by atoms with Crippen molar-refractivity contribution in [2.24, 2.45) is 5.11 Å². The minimum atomic E-state index is -2.51. The molecular weight excluding hydrogens is 1910 g/mol. The first-order chi connectivity index (χ1) is 54.1. The first-order valence-electron chi connectivity index (χ1n) is 35.6. The molecule has 0 spiro atoms. The van der Waals surface area contributed by atoms with E-state index in [0.29, 0.717) is 60.2 Å². The molecule has 0 bridgehead atoms. The quantitative estimate of drug-likeness (QED) is 0.00190. The molecule has 0 fully saturated rings. The number of unbranched alkanes of at least 4 members (excludes halogenated alkanes) is 10. The topological polar surface area (TPSA) is 365 Å². The van der Waals surface area contributed by atoms with Crippen LogP contribution in [0.5, 0.6) is 17.2 Å². The Balaban J connectivity index is 0. The fourth-order valence-corrected chi connectivity index (χ4v) is 15.0. The van der Waals surface area contributed by atoms with Crippen molar-refractivity contribution in [3.8, 4) is 85.6 Å². The summed E-state index contributed by atoms with van der Waals surface area (Å²) in [5.41, 5.74) is 18.7. The summed E-state index contributed by atoms with van der Waals surface area (Å²) in [6.45, 7) is 17.0. The number of esters is 4. The van der Waals surface area contributed by atoms with Gasteiger partial charge in [-0.05, 0) is 167 Å². The number of rotatable bonds is 33. The first-order valence-corrected chi connectivity index (χ1v) is 44.1. The van der Waals surface area contributed by atoms with Gasteiger partial charge in [0.05, 0.1) is 60.7 Å². The molecule has 115 heavy (non-hydrogen) atoms. The predicted octanol–water partition coefficient (Wildman–Crippen LogP) is 19.1. The summed E-state index contributed by atoms with van der Waals surface area (Å²) < 4.78 is 54.9. The smallest absolute Gasteiger partial charge is 0.870 e. The number of carbonyl (C=O) groups is 7. The Morgan fingerprint density at radius 1 is 0.617 bits per heavy atom. The van der Waals surface area contributed by atoms with E-state index in [0.717, 1.165) is 55.6 Å². The summed E-state index contributed by atoms with van der Waals surface area (Å²) in [5.74, 6) is 3.22. The van der Waals surface area contributed by atoms with Gasteiger partial charge >= 0.3 is 84.6 Å². The van der Waals surface area contributed by atoms with Crippen molar-refractivity contribution in [3.05, 3.63) is 141 Å². The third kappa shape index (κ3) is 43.3. The van der Waals surface area contributed by atoms with Gasteiger partial charge in [0.2, 0.25) is 0 Å². The number of azide groups is 1. The van der Waals surface area contributed by atoms with Crippen molar-refractivity contribution in [1.82, 2.24) is 5.32 Å². The van der Waals surface area contributed by atoms with Crippen LogP contribution in [0.1, 0.15) is 172 Å². The second-order valence-electron chi connectivity index (χ2n) is 24.8. The van der Waals surface area contributed by atoms with E-state index in [1.165, 1.54) is 106 Å². The number of carbonyl (C=O) groups excluding carboxylic acids is 5. The van der Waals surface area contributed by atoms with Gasteiger partial charge in [-0.1, -0.05) is 172 Å². The molecule has 4 aromatic carbocycles. The van der Waals surface area contributed by atoms with Crippen LogP contribution < -0.4 is 54.8 Å². The van der Waals surface area contributed by atoms with E-state index in [1.54, 1.807) is 84.0 Å². The minimum Gasteiger partial charge on any atom is -0.870 e. The molecule has 0 unspecified atom stereocenters. The number of methoxy groups -OCH3 is 2. The van der Waals surface area contributed by atoms with Crippen LogP contribution in [0, 0.1) is 37.0 Å². The summed E-state index contributed by atoms with van der Waals surface area (Å²) in [5, 5.41) is 31.3. The van der Waals surface area contributed by atoms with E-state index < -0.39 is 75.2 Å². The molecule has 7 aromatic rings. The Kier molecular flexibility index (Phi) is 57.4. The monoisotopic (exact) mass is 2010 g/mol. The number of nitrogens with one attached hydrogen (secondary N) is 3. The number of anilines is 3. The average Bonchev–Trinajstić information content (AvgIpc) is 1.66. The van der Waals surface area contributed by atoms with E-state index in [4.69, 9.17) is 69.4 Å². The molecule has 622 valence electrons. The number of nitrogens with two attached hydrogens (primary N) is 1. The van der Waals surface area contributed by atoms with Crippen molar-refractivity contribution in [2.75, 3.05) is 80.3 Å². The van der Waals surface area contributed by atoms with Crippen LogP contribution in [-0.2, 0) is 33.3 Å². The van der Waals surface area contributed by atoms with Crippen LogP contribution in [0.15, 0.2) is 116 Å². The minimum absolute atomic E-state index is 0. The summed E-state index contributed by atoms with van der Waals surface area (Å²) in [4.78, 5) is 89.0. The number of terminal acetylenes is 3. The number of aromatic carboxylic acids is 1. The third-order valence-corrected chi connectivity index (χ3v) is 20.8. The summed E-state index contributed by atoms with van der Waals surface area (Å²) in [6, 6.07) is 28.7. The number of carboxylic acids is 2. The van der Waals surface area contributed by atoms with Gasteiger partial charge in [0.15, 0.2) is 51.7 Å². The Labute approximate surface area is 743 Å². The molecule has 0 aliphatic carbocycles. The molecule has 0 radical (unpaired) electrons. The van der Waals surface area contributed by atoms with Gasteiger partial charge in [0.25, 0.3) is 5.91 Å². The van der Waals surface area contributed by atoms with E-state index >= 15 is 0 Å². The molecule has 3 heterocycles. The number of aliphatic carboxylic acids is 1. The van der Waals surface area contributed by atoms with Gasteiger partial charge in [-0.15, -0.1) is 53.3 Å². The Morgan fingerprint density at radius 2 is 0.983 bits per heavy atom. The molecule has 8 N–H and O–H groups in total. The van der Waals surface area contributed by atoms with Crippen molar-refractivity contribution in [1.29, 1.82) is 0.594 Å². The molecule has 24 nitrogen and oxygen atoms in total. The van der Waals surface area contributed by atoms with Crippen LogP contribution in [0.2, 0.25) is 0 Å². The molecule has 0 aliphatic rings. The van der Waals surface area contributed by atoms with Gasteiger partial charge in [0, 0.05) is 39.8 Å². The number of ether oxygens (including phenoxy) is 7. The first kappa shape index (κ1) is 107. The number of nitrogen functional groups attached to an aromatic ring is 1. The molecule has 0 saturated heterocycles. The Bertz CT molecular complexity index is 4380. The number of nitrogens with zero attached hydrogens (tertiary/aromatic N) is 3. The maximum absolute atomic E-state index is 12.2. The fourth-order valence-electron chi connectivity index (χ4n) is 9.22.